The van der Waals surface area contributed by atoms with E-state index in [4.69, 9.17) is 5.84 Å². The van der Waals surface area contributed by atoms with Crippen molar-refractivity contribution < 1.29 is 22.8 Å². The number of alkyl halides is 3. The van der Waals surface area contributed by atoms with E-state index in [1.165, 1.54) is 12.1 Å². The number of anilines is 2. The predicted molar refractivity (Wildman–Crippen MR) is 83.2 cm³/mol. The second-order valence-electron chi connectivity index (χ2n) is 4.94. The highest BCUT2D eigenvalue weighted by Gasteiger charge is 2.31. The van der Waals surface area contributed by atoms with Gasteiger partial charge in [0.2, 0.25) is 5.91 Å². The fourth-order valence-electron chi connectivity index (χ4n) is 1.98. The van der Waals surface area contributed by atoms with E-state index >= 15 is 0 Å². The van der Waals surface area contributed by atoms with Gasteiger partial charge in [-0.1, -0.05) is 18.2 Å². The maximum atomic E-state index is 12.9. The molecule has 24 heavy (non-hydrogen) atoms. The van der Waals surface area contributed by atoms with E-state index < -0.39 is 23.6 Å². The van der Waals surface area contributed by atoms with Crippen LogP contribution in [0.5, 0.6) is 0 Å². The number of nitrogens with one attached hydrogen (secondary N) is 1. The summed E-state index contributed by atoms with van der Waals surface area (Å²) < 4.78 is 38.7. The van der Waals surface area contributed by atoms with E-state index in [1.807, 2.05) is 0 Å². The molecule has 0 saturated heterocycles. The van der Waals surface area contributed by atoms with Gasteiger partial charge in [0, 0.05) is 12.5 Å². The number of nitrogens with two attached hydrogens (primary N) is 1. The molecule has 0 atom stereocenters. The number of nitrogens with zero attached hydrogens (tertiary/aromatic N) is 1. The van der Waals surface area contributed by atoms with E-state index in [9.17, 15) is 22.8 Å². The van der Waals surface area contributed by atoms with E-state index in [0.717, 1.165) is 25.1 Å². The first kappa shape index (κ1) is 17.5. The van der Waals surface area contributed by atoms with Crippen molar-refractivity contribution in [2.75, 3.05) is 10.3 Å². The summed E-state index contributed by atoms with van der Waals surface area (Å²) in [6.07, 6.45) is -4.60. The highest BCUT2D eigenvalue weighted by Crippen LogP contribution is 2.35. The molecule has 0 aliphatic rings. The molecule has 126 valence electrons. The zero-order valence-electron chi connectivity index (χ0n) is 12.6. The molecule has 0 bridgehead atoms. The predicted octanol–water partition coefficient (Wildman–Crippen LogP) is 3.18. The summed E-state index contributed by atoms with van der Waals surface area (Å²) >= 11 is 0. The minimum absolute atomic E-state index is 0.0419. The molecule has 8 heteroatoms. The monoisotopic (exact) mass is 337 g/mol. The third kappa shape index (κ3) is 3.90. The molecular formula is C16H14F3N3O2. The van der Waals surface area contributed by atoms with Gasteiger partial charge in [-0.3, -0.25) is 9.59 Å². The standard InChI is InChI=1S/C16H14F3N3O2/c1-10(23)22(20)14-8-7-12(16(17,18)19)9-13(14)21-15(24)11-5-3-2-4-6-11/h2-9H,20H2,1H3,(H,21,24). The fraction of sp³-hybridized carbons (Fsp3) is 0.125. The molecule has 5 nitrogen and oxygen atoms in total. The molecule has 3 N–H and O–H groups in total. The van der Waals surface area contributed by atoms with Gasteiger partial charge in [-0.05, 0) is 30.3 Å². The molecule has 2 amide bonds. The van der Waals surface area contributed by atoms with Crippen LogP contribution in [0.3, 0.4) is 0 Å². The first-order chi connectivity index (χ1) is 11.2. The molecular weight excluding hydrogens is 323 g/mol. The molecule has 0 unspecified atom stereocenters. The van der Waals surface area contributed by atoms with Gasteiger partial charge in [0.25, 0.3) is 5.91 Å². The van der Waals surface area contributed by atoms with Gasteiger partial charge in [-0.25, -0.2) is 10.9 Å². The van der Waals surface area contributed by atoms with Crippen LogP contribution in [0.4, 0.5) is 24.5 Å². The Morgan fingerprint density at radius 2 is 1.71 bits per heavy atom. The summed E-state index contributed by atoms with van der Waals surface area (Å²) in [6.45, 7) is 1.15. The fourth-order valence-corrected chi connectivity index (χ4v) is 1.98. The van der Waals surface area contributed by atoms with Gasteiger partial charge >= 0.3 is 6.18 Å². The van der Waals surface area contributed by atoms with Gasteiger partial charge in [-0.2, -0.15) is 13.2 Å². The second kappa shape index (κ2) is 6.71. The minimum Gasteiger partial charge on any atom is -0.320 e. The Bertz CT molecular complexity index is 761. The number of amides is 2. The van der Waals surface area contributed by atoms with Crippen LogP contribution in [0, 0.1) is 0 Å². The Kier molecular flexibility index (Phi) is 4.89. The number of benzene rings is 2. The summed E-state index contributed by atoms with van der Waals surface area (Å²) in [7, 11) is 0. The van der Waals surface area contributed by atoms with Crippen molar-refractivity contribution in [1.29, 1.82) is 0 Å². The average Bonchev–Trinajstić information content (AvgIpc) is 2.54. The van der Waals surface area contributed by atoms with Crippen LogP contribution in [0.1, 0.15) is 22.8 Å². The highest BCUT2D eigenvalue weighted by molar-refractivity contribution is 6.07. The Balaban J connectivity index is 2.44. The van der Waals surface area contributed by atoms with E-state index in [0.29, 0.717) is 5.01 Å². The van der Waals surface area contributed by atoms with Gasteiger partial charge in [0.05, 0.1) is 16.9 Å². The van der Waals surface area contributed by atoms with Crippen LogP contribution < -0.4 is 16.2 Å². The first-order valence-corrected chi connectivity index (χ1v) is 6.83. The molecule has 2 aromatic rings. The van der Waals surface area contributed by atoms with Crippen molar-refractivity contribution in [2.45, 2.75) is 13.1 Å². The van der Waals surface area contributed by atoms with Crippen LogP contribution in [0.15, 0.2) is 48.5 Å². The van der Waals surface area contributed by atoms with E-state index in [2.05, 4.69) is 5.32 Å². The third-order valence-corrected chi connectivity index (χ3v) is 3.21. The number of hydrogen-bond donors (Lipinski definition) is 2. The van der Waals surface area contributed by atoms with Gasteiger partial charge in [-0.15, -0.1) is 0 Å². The molecule has 0 fully saturated rings. The van der Waals surface area contributed by atoms with Crippen molar-refractivity contribution in [1.82, 2.24) is 0 Å². The molecule has 0 aliphatic heterocycles. The highest BCUT2D eigenvalue weighted by atomic mass is 19.4. The number of rotatable bonds is 3. The second-order valence-corrected chi connectivity index (χ2v) is 4.94. The van der Waals surface area contributed by atoms with Crippen LogP contribution in [-0.4, -0.2) is 11.8 Å². The Labute approximate surface area is 135 Å². The van der Waals surface area contributed by atoms with Crippen LogP contribution in [0.2, 0.25) is 0 Å². The molecule has 0 heterocycles. The summed E-state index contributed by atoms with van der Waals surface area (Å²) in [4.78, 5) is 23.6. The number of carbonyl (C=O) groups excluding carboxylic acids is 2. The van der Waals surface area contributed by atoms with Gasteiger partial charge in [0.15, 0.2) is 0 Å². The number of carbonyl (C=O) groups is 2. The van der Waals surface area contributed by atoms with Crippen molar-refractivity contribution in [3.63, 3.8) is 0 Å². The Morgan fingerprint density at radius 1 is 1.08 bits per heavy atom. The minimum atomic E-state index is -4.60. The van der Waals surface area contributed by atoms with E-state index in [1.54, 1.807) is 18.2 Å². The van der Waals surface area contributed by atoms with Crippen molar-refractivity contribution in [3.8, 4) is 0 Å². The molecule has 0 spiro atoms. The van der Waals surface area contributed by atoms with E-state index in [-0.39, 0.29) is 16.9 Å². The zero-order chi connectivity index (χ0) is 17.9. The summed E-state index contributed by atoms with van der Waals surface area (Å²) in [5.41, 5.74) is -0.963. The molecule has 2 aromatic carbocycles. The maximum absolute atomic E-state index is 12.9. The molecule has 0 saturated carbocycles. The lowest BCUT2D eigenvalue weighted by molar-refractivity contribution is -0.137. The Hall–Kier alpha value is -2.87. The zero-order valence-corrected chi connectivity index (χ0v) is 12.6. The molecule has 0 aliphatic carbocycles. The smallest absolute Gasteiger partial charge is 0.320 e. The lowest BCUT2D eigenvalue weighted by Crippen LogP contribution is -2.36. The van der Waals surface area contributed by atoms with Crippen molar-refractivity contribution in [3.05, 3.63) is 59.7 Å². The Morgan fingerprint density at radius 3 is 2.25 bits per heavy atom. The SMILES string of the molecule is CC(=O)N(N)c1ccc(C(F)(F)F)cc1NC(=O)c1ccccc1. The topological polar surface area (TPSA) is 75.4 Å². The van der Waals surface area contributed by atoms with Crippen LogP contribution in [0.25, 0.3) is 0 Å². The van der Waals surface area contributed by atoms with Gasteiger partial charge in [0.1, 0.15) is 0 Å². The largest absolute Gasteiger partial charge is 0.416 e. The maximum Gasteiger partial charge on any atom is 0.416 e. The molecule has 0 radical (unpaired) electrons. The van der Waals surface area contributed by atoms with Crippen molar-refractivity contribution in [2.24, 2.45) is 5.84 Å². The number of halogens is 3. The third-order valence-electron chi connectivity index (χ3n) is 3.21. The van der Waals surface area contributed by atoms with Crippen molar-refractivity contribution >= 4 is 23.2 Å². The quantitative estimate of drug-likeness (QED) is 0.513. The van der Waals surface area contributed by atoms with Gasteiger partial charge < -0.3 is 5.32 Å². The lowest BCUT2D eigenvalue weighted by Gasteiger charge is -2.20. The first-order valence-electron chi connectivity index (χ1n) is 6.83. The van der Waals surface area contributed by atoms with Crippen LogP contribution in [-0.2, 0) is 11.0 Å². The number of hydrazine groups is 1. The normalized spacial score (nSPS) is 11.0. The average molecular weight is 337 g/mol. The number of hydrogen-bond acceptors (Lipinski definition) is 3. The molecule has 2 rings (SSSR count). The van der Waals surface area contributed by atoms with Crippen LogP contribution >= 0.6 is 0 Å². The summed E-state index contributed by atoms with van der Waals surface area (Å²) in [5, 5.41) is 3.03. The summed E-state index contributed by atoms with van der Waals surface area (Å²) in [5.74, 6) is 4.35. The lowest BCUT2D eigenvalue weighted by atomic mass is 10.1. The molecule has 0 aromatic heterocycles. The summed E-state index contributed by atoms with van der Waals surface area (Å²) in [6, 6.07) is 10.5.